The van der Waals surface area contributed by atoms with Gasteiger partial charge in [0.2, 0.25) is 0 Å². The van der Waals surface area contributed by atoms with E-state index in [9.17, 15) is 9.59 Å². The molecule has 0 bridgehead atoms. The first-order valence-electron chi connectivity index (χ1n) is 11.0. The molecular weight excluding hydrogens is 422 g/mol. The molecule has 1 amide bonds. The number of benzene rings is 3. The zero-order valence-electron chi connectivity index (χ0n) is 18.5. The van der Waals surface area contributed by atoms with E-state index < -0.39 is 0 Å². The van der Waals surface area contributed by atoms with Gasteiger partial charge in [0.1, 0.15) is 5.82 Å². The fourth-order valence-corrected chi connectivity index (χ4v) is 4.55. The molecule has 0 N–H and O–H groups in total. The van der Waals surface area contributed by atoms with Crippen LogP contribution in [0.3, 0.4) is 0 Å². The van der Waals surface area contributed by atoms with Crippen molar-refractivity contribution in [3.05, 3.63) is 87.4 Å². The van der Waals surface area contributed by atoms with Gasteiger partial charge in [-0.25, -0.2) is 4.98 Å². The summed E-state index contributed by atoms with van der Waals surface area (Å²) < 4.78 is 1.67. The first-order chi connectivity index (χ1) is 15.5. The predicted molar refractivity (Wildman–Crippen MR) is 130 cm³/mol. The molecule has 1 atom stereocenters. The fraction of sp³-hybridized carbons (Fsp3) is 0.269. The summed E-state index contributed by atoms with van der Waals surface area (Å²) in [6.07, 6.45) is 0.628. The number of rotatable bonds is 6. The van der Waals surface area contributed by atoms with Crippen LogP contribution in [0.2, 0.25) is 5.02 Å². The van der Waals surface area contributed by atoms with Gasteiger partial charge in [0.05, 0.1) is 16.9 Å². The second-order valence-electron chi connectivity index (χ2n) is 7.72. The lowest BCUT2D eigenvalue weighted by Gasteiger charge is -2.31. The van der Waals surface area contributed by atoms with E-state index in [0.717, 1.165) is 10.8 Å². The van der Waals surface area contributed by atoms with Crippen molar-refractivity contribution in [3.8, 4) is 0 Å². The zero-order valence-corrected chi connectivity index (χ0v) is 19.3. The Hall–Kier alpha value is -3.18. The SMILES string of the molecule is CCC(c1nc2cc(Cl)ccc2c(=O)n1CC)N(CC)C(=O)c1cccc2ccccc12. The molecule has 164 valence electrons. The van der Waals surface area contributed by atoms with E-state index in [1.807, 2.05) is 68.1 Å². The molecule has 0 aliphatic heterocycles. The number of halogens is 1. The van der Waals surface area contributed by atoms with Gasteiger partial charge in [-0.1, -0.05) is 54.9 Å². The second-order valence-corrected chi connectivity index (χ2v) is 8.16. The van der Waals surface area contributed by atoms with E-state index in [1.54, 1.807) is 22.8 Å². The lowest BCUT2D eigenvalue weighted by molar-refractivity contribution is 0.0672. The van der Waals surface area contributed by atoms with E-state index in [4.69, 9.17) is 16.6 Å². The molecule has 1 aromatic heterocycles. The lowest BCUT2D eigenvalue weighted by Crippen LogP contribution is -2.38. The maximum atomic E-state index is 13.8. The van der Waals surface area contributed by atoms with E-state index in [0.29, 0.717) is 46.8 Å². The van der Waals surface area contributed by atoms with Crippen LogP contribution in [0.4, 0.5) is 0 Å². The molecule has 5 nitrogen and oxygen atoms in total. The number of nitrogens with zero attached hydrogens (tertiary/aromatic N) is 3. The van der Waals surface area contributed by atoms with E-state index in [-0.39, 0.29) is 17.5 Å². The first kappa shape index (κ1) is 22.0. The molecule has 0 saturated heterocycles. The van der Waals surface area contributed by atoms with Crippen molar-refractivity contribution in [2.45, 2.75) is 39.8 Å². The molecule has 6 heteroatoms. The Morgan fingerprint density at radius 2 is 1.78 bits per heavy atom. The van der Waals surface area contributed by atoms with Gasteiger partial charge in [-0.05, 0) is 55.3 Å². The summed E-state index contributed by atoms with van der Waals surface area (Å²) in [5.41, 5.74) is 1.09. The third-order valence-electron chi connectivity index (χ3n) is 5.95. The van der Waals surface area contributed by atoms with E-state index in [1.165, 1.54) is 0 Å². The zero-order chi connectivity index (χ0) is 22.8. The minimum Gasteiger partial charge on any atom is -0.329 e. The molecule has 0 aliphatic rings. The maximum Gasteiger partial charge on any atom is 0.261 e. The minimum absolute atomic E-state index is 0.0701. The van der Waals surface area contributed by atoms with E-state index >= 15 is 0 Å². The van der Waals surface area contributed by atoms with Gasteiger partial charge in [0, 0.05) is 23.7 Å². The Morgan fingerprint density at radius 1 is 1.03 bits per heavy atom. The molecule has 0 aliphatic carbocycles. The van der Waals surface area contributed by atoms with Crippen LogP contribution in [0.25, 0.3) is 21.7 Å². The van der Waals surface area contributed by atoms with E-state index in [2.05, 4.69) is 0 Å². The Labute approximate surface area is 192 Å². The molecule has 1 heterocycles. The van der Waals surface area contributed by atoms with Gasteiger partial charge < -0.3 is 4.90 Å². The molecule has 4 aromatic rings. The predicted octanol–water partition coefficient (Wildman–Crippen LogP) is 5.84. The molecule has 0 radical (unpaired) electrons. The molecule has 1 unspecified atom stereocenters. The molecule has 0 saturated carbocycles. The van der Waals surface area contributed by atoms with Gasteiger partial charge in [0.15, 0.2) is 0 Å². The van der Waals surface area contributed by atoms with Gasteiger partial charge in [-0.3, -0.25) is 14.2 Å². The van der Waals surface area contributed by atoms with Crippen LogP contribution in [0.5, 0.6) is 0 Å². The van der Waals surface area contributed by atoms with Gasteiger partial charge in [-0.15, -0.1) is 0 Å². The number of carbonyl (C=O) groups excluding carboxylic acids is 1. The summed E-state index contributed by atoms with van der Waals surface area (Å²) in [5.74, 6) is 0.518. The molecule has 4 rings (SSSR count). The van der Waals surface area contributed by atoms with Crippen LogP contribution >= 0.6 is 11.6 Å². The summed E-state index contributed by atoms with van der Waals surface area (Å²) in [6.45, 7) is 6.85. The van der Waals surface area contributed by atoms with Crippen LogP contribution in [0.15, 0.2) is 65.5 Å². The largest absolute Gasteiger partial charge is 0.329 e. The summed E-state index contributed by atoms with van der Waals surface area (Å²) in [6, 6.07) is 18.4. The van der Waals surface area contributed by atoms with Gasteiger partial charge in [-0.2, -0.15) is 0 Å². The number of fused-ring (bicyclic) bond motifs is 2. The van der Waals surface area contributed by atoms with Crippen LogP contribution in [0.1, 0.15) is 49.4 Å². The summed E-state index contributed by atoms with van der Waals surface area (Å²) in [5, 5.41) is 2.99. The quantitative estimate of drug-likeness (QED) is 0.373. The van der Waals surface area contributed by atoms with Crippen molar-refractivity contribution >= 4 is 39.2 Å². The average molecular weight is 448 g/mol. The maximum absolute atomic E-state index is 13.8. The van der Waals surface area contributed by atoms with Crippen molar-refractivity contribution in [1.82, 2.24) is 14.5 Å². The second kappa shape index (κ2) is 9.13. The fourth-order valence-electron chi connectivity index (χ4n) is 4.39. The Balaban J connectivity index is 1.87. The summed E-state index contributed by atoms with van der Waals surface area (Å²) in [7, 11) is 0. The highest BCUT2D eigenvalue weighted by Gasteiger charge is 2.28. The summed E-state index contributed by atoms with van der Waals surface area (Å²) >= 11 is 6.17. The number of amides is 1. The minimum atomic E-state index is -0.345. The van der Waals surface area contributed by atoms with Gasteiger partial charge in [0.25, 0.3) is 11.5 Å². The lowest BCUT2D eigenvalue weighted by atomic mass is 10.0. The monoisotopic (exact) mass is 447 g/mol. The van der Waals surface area contributed by atoms with Crippen molar-refractivity contribution < 1.29 is 4.79 Å². The number of hydrogen-bond acceptors (Lipinski definition) is 3. The van der Waals surface area contributed by atoms with Crippen LogP contribution in [-0.4, -0.2) is 26.9 Å². The molecule has 3 aromatic carbocycles. The Morgan fingerprint density at radius 3 is 2.50 bits per heavy atom. The van der Waals surface area contributed by atoms with Crippen LogP contribution < -0.4 is 5.56 Å². The van der Waals surface area contributed by atoms with Crippen molar-refractivity contribution in [3.63, 3.8) is 0 Å². The number of carbonyl (C=O) groups is 1. The average Bonchev–Trinajstić information content (AvgIpc) is 2.81. The summed E-state index contributed by atoms with van der Waals surface area (Å²) in [4.78, 5) is 33.6. The van der Waals surface area contributed by atoms with Gasteiger partial charge >= 0.3 is 0 Å². The normalized spacial score (nSPS) is 12.2. The van der Waals surface area contributed by atoms with Crippen molar-refractivity contribution in [1.29, 1.82) is 0 Å². The highest BCUT2D eigenvalue weighted by Crippen LogP contribution is 2.28. The van der Waals surface area contributed by atoms with Crippen LogP contribution in [-0.2, 0) is 6.54 Å². The standard InChI is InChI=1S/C26H26ClN3O2/c1-4-23(24-28-22-16-18(27)14-15-21(22)26(32)30(24)6-3)29(5-2)25(31)20-13-9-11-17-10-7-8-12-19(17)20/h7-16,23H,4-6H2,1-3H3. The Bertz CT molecular complexity index is 1360. The Kier molecular flexibility index (Phi) is 6.28. The van der Waals surface area contributed by atoms with Crippen molar-refractivity contribution in [2.75, 3.05) is 6.54 Å². The van der Waals surface area contributed by atoms with Crippen LogP contribution in [0, 0.1) is 0 Å². The topological polar surface area (TPSA) is 55.2 Å². The highest BCUT2D eigenvalue weighted by molar-refractivity contribution is 6.31. The third kappa shape index (κ3) is 3.78. The third-order valence-corrected chi connectivity index (χ3v) is 6.18. The molecule has 32 heavy (non-hydrogen) atoms. The molecule has 0 spiro atoms. The smallest absolute Gasteiger partial charge is 0.261 e. The highest BCUT2D eigenvalue weighted by atomic mass is 35.5. The number of aromatic nitrogens is 2. The molecule has 0 fully saturated rings. The van der Waals surface area contributed by atoms with Crippen molar-refractivity contribution in [2.24, 2.45) is 0 Å². The first-order valence-corrected chi connectivity index (χ1v) is 11.4. The number of hydrogen-bond donors (Lipinski definition) is 0. The molecular formula is C26H26ClN3O2.